The van der Waals surface area contributed by atoms with E-state index in [1.54, 1.807) is 18.7 Å². The zero-order valence-electron chi connectivity index (χ0n) is 16.2. The van der Waals surface area contributed by atoms with E-state index in [0.717, 1.165) is 35.2 Å². The molecule has 2 amide bonds. The summed E-state index contributed by atoms with van der Waals surface area (Å²) in [5, 5.41) is 2.98. The number of rotatable bonds is 7. The molecule has 0 aliphatic heterocycles. The Bertz CT molecular complexity index is 577. The molecule has 0 saturated heterocycles. The molecular weight excluding hydrogens is 300 g/mol. The average Bonchev–Trinajstić information content (AvgIpc) is 2.49. The molecule has 1 aromatic rings. The molecule has 0 fully saturated rings. The molecule has 0 spiro atoms. The van der Waals surface area contributed by atoms with Crippen molar-refractivity contribution in [1.29, 1.82) is 0 Å². The number of carbonyl (C=O) groups is 2. The van der Waals surface area contributed by atoms with Gasteiger partial charge < -0.3 is 10.2 Å². The van der Waals surface area contributed by atoms with Gasteiger partial charge in [-0.3, -0.25) is 9.59 Å². The second kappa shape index (κ2) is 8.32. The lowest BCUT2D eigenvalue weighted by atomic mass is 9.89. The van der Waals surface area contributed by atoms with E-state index in [1.807, 2.05) is 46.8 Å². The minimum Gasteiger partial charge on any atom is -0.342 e. The van der Waals surface area contributed by atoms with Gasteiger partial charge in [-0.15, -0.1) is 0 Å². The topological polar surface area (TPSA) is 49.4 Å². The lowest BCUT2D eigenvalue weighted by Crippen LogP contribution is -2.48. The Hall–Kier alpha value is -1.84. The van der Waals surface area contributed by atoms with Crippen molar-refractivity contribution in [3.05, 3.63) is 28.8 Å². The van der Waals surface area contributed by atoms with Gasteiger partial charge >= 0.3 is 0 Å². The number of hydrogen-bond acceptors (Lipinski definition) is 2. The van der Waals surface area contributed by atoms with E-state index in [-0.39, 0.29) is 11.8 Å². The maximum absolute atomic E-state index is 12.9. The number of anilines is 1. The quantitative estimate of drug-likeness (QED) is 0.760. The Morgan fingerprint density at radius 2 is 1.46 bits per heavy atom. The Kier molecular flexibility index (Phi) is 7.00. The maximum atomic E-state index is 12.9. The highest BCUT2D eigenvalue weighted by molar-refractivity contribution is 6.10. The molecule has 0 aliphatic rings. The van der Waals surface area contributed by atoms with E-state index in [9.17, 15) is 9.59 Å². The van der Waals surface area contributed by atoms with E-state index in [4.69, 9.17) is 0 Å². The molecule has 0 unspecified atom stereocenters. The molecule has 0 bridgehead atoms. The highest BCUT2D eigenvalue weighted by Crippen LogP contribution is 2.26. The molecule has 134 valence electrons. The fourth-order valence-corrected chi connectivity index (χ4v) is 2.99. The highest BCUT2D eigenvalue weighted by Gasteiger charge is 2.39. The van der Waals surface area contributed by atoms with E-state index in [2.05, 4.69) is 5.32 Å². The van der Waals surface area contributed by atoms with Gasteiger partial charge in [0.25, 0.3) is 0 Å². The molecule has 4 heteroatoms. The second-order valence-electron chi connectivity index (χ2n) is 7.15. The summed E-state index contributed by atoms with van der Waals surface area (Å²) >= 11 is 0. The van der Waals surface area contributed by atoms with Crippen LogP contribution in [0.1, 0.15) is 57.2 Å². The SMILES string of the molecule is CCCN(CCC)C(=O)C(C)(C)C(=O)Nc1c(C)cc(C)cc1C. The van der Waals surface area contributed by atoms with Crippen LogP contribution in [-0.2, 0) is 9.59 Å². The van der Waals surface area contributed by atoms with E-state index in [1.165, 1.54) is 0 Å². The summed E-state index contributed by atoms with van der Waals surface area (Å²) in [4.78, 5) is 27.5. The van der Waals surface area contributed by atoms with E-state index < -0.39 is 5.41 Å². The molecule has 1 rings (SSSR count). The van der Waals surface area contributed by atoms with Crippen LogP contribution in [0.15, 0.2) is 12.1 Å². The van der Waals surface area contributed by atoms with Gasteiger partial charge in [0.2, 0.25) is 11.8 Å². The van der Waals surface area contributed by atoms with Crippen LogP contribution in [0.2, 0.25) is 0 Å². The van der Waals surface area contributed by atoms with Crippen LogP contribution >= 0.6 is 0 Å². The molecule has 1 aromatic carbocycles. The van der Waals surface area contributed by atoms with E-state index >= 15 is 0 Å². The molecule has 1 N–H and O–H groups in total. The summed E-state index contributed by atoms with van der Waals surface area (Å²) in [6.07, 6.45) is 1.78. The van der Waals surface area contributed by atoms with Crippen LogP contribution in [0.5, 0.6) is 0 Å². The fraction of sp³-hybridized carbons (Fsp3) is 0.600. The van der Waals surface area contributed by atoms with Crippen LogP contribution in [0.3, 0.4) is 0 Å². The van der Waals surface area contributed by atoms with Crippen molar-refractivity contribution in [1.82, 2.24) is 4.90 Å². The predicted octanol–water partition coefficient (Wildman–Crippen LogP) is 4.23. The summed E-state index contributed by atoms with van der Waals surface area (Å²) in [6, 6.07) is 4.08. The van der Waals surface area contributed by atoms with Crippen molar-refractivity contribution in [2.75, 3.05) is 18.4 Å². The van der Waals surface area contributed by atoms with E-state index in [0.29, 0.717) is 13.1 Å². The summed E-state index contributed by atoms with van der Waals surface area (Å²) < 4.78 is 0. The third-order valence-electron chi connectivity index (χ3n) is 4.29. The summed E-state index contributed by atoms with van der Waals surface area (Å²) in [5.74, 6) is -0.356. The first-order valence-electron chi connectivity index (χ1n) is 8.83. The molecule has 0 atom stereocenters. The zero-order chi connectivity index (χ0) is 18.5. The Morgan fingerprint density at radius 1 is 1.00 bits per heavy atom. The maximum Gasteiger partial charge on any atom is 0.239 e. The van der Waals surface area contributed by atoms with Crippen molar-refractivity contribution in [2.24, 2.45) is 5.41 Å². The number of hydrogen-bond donors (Lipinski definition) is 1. The molecule has 0 saturated carbocycles. The van der Waals surface area contributed by atoms with Crippen LogP contribution in [0.25, 0.3) is 0 Å². The number of amides is 2. The van der Waals surface area contributed by atoms with Crippen LogP contribution in [0.4, 0.5) is 5.69 Å². The average molecular weight is 332 g/mol. The first-order valence-corrected chi connectivity index (χ1v) is 8.83. The predicted molar refractivity (Wildman–Crippen MR) is 100 cm³/mol. The van der Waals surface area contributed by atoms with Gasteiger partial charge in [-0.1, -0.05) is 31.5 Å². The second-order valence-corrected chi connectivity index (χ2v) is 7.15. The van der Waals surface area contributed by atoms with Gasteiger partial charge in [-0.2, -0.15) is 0 Å². The van der Waals surface area contributed by atoms with Crippen LogP contribution in [-0.4, -0.2) is 29.8 Å². The summed E-state index contributed by atoms with van der Waals surface area (Å²) in [5.41, 5.74) is 2.92. The zero-order valence-corrected chi connectivity index (χ0v) is 16.2. The number of aryl methyl sites for hydroxylation is 3. The summed E-state index contributed by atoms with van der Waals surface area (Å²) in [6.45, 7) is 14.9. The highest BCUT2D eigenvalue weighted by atomic mass is 16.2. The molecule has 0 heterocycles. The Balaban J connectivity index is 3.02. The lowest BCUT2D eigenvalue weighted by molar-refractivity contribution is -0.146. The largest absolute Gasteiger partial charge is 0.342 e. The van der Waals surface area contributed by atoms with Gasteiger partial charge in [0.05, 0.1) is 0 Å². The lowest BCUT2D eigenvalue weighted by Gasteiger charge is -2.31. The number of benzene rings is 1. The summed E-state index contributed by atoms with van der Waals surface area (Å²) in [7, 11) is 0. The molecule has 4 nitrogen and oxygen atoms in total. The first-order chi connectivity index (χ1) is 11.1. The minimum atomic E-state index is -1.09. The third kappa shape index (κ3) is 4.59. The normalized spacial score (nSPS) is 11.3. The van der Waals surface area contributed by atoms with Gasteiger partial charge in [0, 0.05) is 18.8 Å². The van der Waals surface area contributed by atoms with Crippen molar-refractivity contribution in [2.45, 2.75) is 61.3 Å². The molecule has 24 heavy (non-hydrogen) atoms. The van der Waals surface area contributed by atoms with Crippen molar-refractivity contribution in [3.8, 4) is 0 Å². The number of nitrogens with one attached hydrogen (secondary N) is 1. The number of nitrogens with zero attached hydrogens (tertiary/aromatic N) is 1. The molecule has 0 radical (unpaired) electrons. The third-order valence-corrected chi connectivity index (χ3v) is 4.29. The monoisotopic (exact) mass is 332 g/mol. The van der Waals surface area contributed by atoms with Crippen LogP contribution < -0.4 is 5.32 Å². The van der Waals surface area contributed by atoms with Gasteiger partial charge in [-0.25, -0.2) is 0 Å². The fourth-order valence-electron chi connectivity index (χ4n) is 2.99. The van der Waals surface area contributed by atoms with Crippen molar-refractivity contribution >= 4 is 17.5 Å². The van der Waals surface area contributed by atoms with Gasteiger partial charge in [-0.05, 0) is 58.6 Å². The standard InChI is InChI=1S/C20H32N2O2/c1-8-10-22(11-9-2)19(24)20(6,7)18(23)21-17-15(4)12-14(3)13-16(17)5/h12-13H,8-11H2,1-7H3,(H,21,23). The van der Waals surface area contributed by atoms with Crippen molar-refractivity contribution < 1.29 is 9.59 Å². The van der Waals surface area contributed by atoms with Gasteiger partial charge in [0.15, 0.2) is 0 Å². The van der Waals surface area contributed by atoms with Crippen LogP contribution in [0, 0.1) is 26.2 Å². The van der Waals surface area contributed by atoms with Crippen molar-refractivity contribution in [3.63, 3.8) is 0 Å². The Morgan fingerprint density at radius 3 is 1.88 bits per heavy atom. The molecular formula is C20H32N2O2. The molecule has 0 aliphatic carbocycles. The van der Waals surface area contributed by atoms with Gasteiger partial charge in [0.1, 0.15) is 5.41 Å². The number of carbonyl (C=O) groups excluding carboxylic acids is 2. The molecule has 0 aromatic heterocycles. The minimum absolute atomic E-state index is 0.105. The Labute approximate surface area is 146 Å². The smallest absolute Gasteiger partial charge is 0.239 e. The first kappa shape index (κ1) is 20.2.